The molecular weight excluding hydrogens is 368 g/mol. The molecule has 0 atom stereocenters. The highest BCUT2D eigenvalue weighted by molar-refractivity contribution is 6.32. The minimum absolute atomic E-state index is 0.0695. The molecule has 0 aliphatic rings. The second kappa shape index (κ2) is 8.27. The lowest BCUT2D eigenvalue weighted by Crippen LogP contribution is -2.15. The molecule has 6 heteroatoms. The molecule has 0 saturated carbocycles. The predicted molar refractivity (Wildman–Crippen MR) is 103 cm³/mol. The molecule has 27 heavy (non-hydrogen) atoms. The summed E-state index contributed by atoms with van der Waals surface area (Å²) in [6.07, 6.45) is 0.716. The number of halogens is 1. The van der Waals surface area contributed by atoms with E-state index in [1.165, 1.54) is 6.07 Å². The smallest absolute Gasteiger partial charge is 0.344 e. The van der Waals surface area contributed by atoms with Gasteiger partial charge < -0.3 is 13.9 Å². The van der Waals surface area contributed by atoms with E-state index in [-0.39, 0.29) is 13.2 Å². The van der Waals surface area contributed by atoms with Gasteiger partial charge in [-0.1, -0.05) is 36.2 Å². The van der Waals surface area contributed by atoms with Gasteiger partial charge in [0.25, 0.3) is 0 Å². The largest absolute Gasteiger partial charge is 0.482 e. The van der Waals surface area contributed by atoms with E-state index in [0.717, 1.165) is 11.1 Å². The Balaban J connectivity index is 1.70. The van der Waals surface area contributed by atoms with Crippen molar-refractivity contribution < 1.29 is 18.7 Å². The van der Waals surface area contributed by atoms with Crippen LogP contribution in [0.5, 0.6) is 5.75 Å². The maximum Gasteiger partial charge on any atom is 0.344 e. The van der Waals surface area contributed by atoms with E-state index >= 15 is 0 Å². The molecule has 0 aliphatic heterocycles. The van der Waals surface area contributed by atoms with Gasteiger partial charge in [0, 0.05) is 22.0 Å². The Labute approximate surface area is 161 Å². The van der Waals surface area contributed by atoms with E-state index in [9.17, 15) is 9.59 Å². The van der Waals surface area contributed by atoms with Crippen LogP contribution in [0.2, 0.25) is 5.02 Å². The van der Waals surface area contributed by atoms with Crippen LogP contribution in [0.4, 0.5) is 0 Å². The molecule has 2 aromatic carbocycles. The third kappa shape index (κ3) is 4.68. The summed E-state index contributed by atoms with van der Waals surface area (Å²) < 4.78 is 15.9. The maximum absolute atomic E-state index is 12.0. The lowest BCUT2D eigenvalue weighted by Gasteiger charge is -2.10. The van der Waals surface area contributed by atoms with Gasteiger partial charge >= 0.3 is 11.6 Å². The van der Waals surface area contributed by atoms with E-state index in [1.54, 1.807) is 24.3 Å². The summed E-state index contributed by atoms with van der Waals surface area (Å²) >= 11 is 6.26. The van der Waals surface area contributed by atoms with Gasteiger partial charge in [-0.15, -0.1) is 0 Å². The van der Waals surface area contributed by atoms with E-state index in [0.29, 0.717) is 33.7 Å². The van der Waals surface area contributed by atoms with Crippen LogP contribution in [-0.4, -0.2) is 12.6 Å². The van der Waals surface area contributed by atoms with Gasteiger partial charge in [0.2, 0.25) is 0 Å². The molecule has 0 amide bonds. The first-order valence-electron chi connectivity index (χ1n) is 8.56. The van der Waals surface area contributed by atoms with Gasteiger partial charge in [-0.3, -0.25) is 0 Å². The Kier molecular flexibility index (Phi) is 5.81. The highest BCUT2D eigenvalue weighted by Gasteiger charge is 2.12. The van der Waals surface area contributed by atoms with Crippen LogP contribution >= 0.6 is 11.6 Å². The van der Waals surface area contributed by atoms with Crippen LogP contribution in [0.1, 0.15) is 23.6 Å². The summed E-state index contributed by atoms with van der Waals surface area (Å²) in [6, 6.07) is 12.1. The molecule has 1 heterocycles. The monoisotopic (exact) mass is 386 g/mol. The van der Waals surface area contributed by atoms with Gasteiger partial charge in [0.15, 0.2) is 6.61 Å². The third-order valence-corrected chi connectivity index (χ3v) is 4.50. The fraction of sp³-hybridized carbons (Fsp3) is 0.238. The van der Waals surface area contributed by atoms with Gasteiger partial charge in [0.1, 0.15) is 17.9 Å². The van der Waals surface area contributed by atoms with Crippen molar-refractivity contribution in [3.63, 3.8) is 0 Å². The Bertz CT molecular complexity index is 1020. The van der Waals surface area contributed by atoms with Crippen molar-refractivity contribution in [3.05, 3.63) is 74.6 Å². The van der Waals surface area contributed by atoms with Crippen molar-refractivity contribution in [2.45, 2.75) is 26.9 Å². The number of rotatable bonds is 6. The van der Waals surface area contributed by atoms with Crippen molar-refractivity contribution >= 4 is 28.5 Å². The molecule has 1 aromatic heterocycles. The first-order chi connectivity index (χ1) is 13.0. The molecule has 0 bridgehead atoms. The molecule has 5 nitrogen and oxygen atoms in total. The van der Waals surface area contributed by atoms with Crippen molar-refractivity contribution in [2.24, 2.45) is 0 Å². The Morgan fingerprint density at radius 1 is 1.11 bits per heavy atom. The summed E-state index contributed by atoms with van der Waals surface area (Å²) in [4.78, 5) is 23.8. The lowest BCUT2D eigenvalue weighted by molar-refractivity contribution is -0.147. The topological polar surface area (TPSA) is 65.7 Å². The van der Waals surface area contributed by atoms with Crippen molar-refractivity contribution in [1.29, 1.82) is 0 Å². The zero-order valence-corrected chi connectivity index (χ0v) is 15.8. The molecule has 3 rings (SSSR count). The Morgan fingerprint density at radius 3 is 2.56 bits per heavy atom. The minimum atomic E-state index is -0.534. The molecule has 0 spiro atoms. The number of carbonyl (C=O) groups excluding carboxylic acids is 1. The molecule has 0 radical (unpaired) electrons. The summed E-state index contributed by atoms with van der Waals surface area (Å²) in [6.45, 7) is 3.64. The van der Waals surface area contributed by atoms with E-state index in [1.807, 2.05) is 26.0 Å². The van der Waals surface area contributed by atoms with E-state index in [2.05, 4.69) is 0 Å². The number of carbonyl (C=O) groups is 1. The second-order valence-electron chi connectivity index (χ2n) is 6.15. The summed E-state index contributed by atoms with van der Waals surface area (Å²) in [5.41, 5.74) is 2.44. The highest BCUT2D eigenvalue weighted by Crippen LogP contribution is 2.26. The Hall–Kier alpha value is -2.79. The van der Waals surface area contributed by atoms with Crippen LogP contribution < -0.4 is 10.4 Å². The quantitative estimate of drug-likeness (QED) is 0.463. The number of fused-ring (bicyclic) bond motifs is 1. The van der Waals surface area contributed by atoms with Crippen LogP contribution in [0.25, 0.3) is 11.0 Å². The summed E-state index contributed by atoms with van der Waals surface area (Å²) in [5, 5.41) is 1.22. The molecule has 140 valence electrons. The number of hydrogen-bond acceptors (Lipinski definition) is 5. The average molecular weight is 387 g/mol. The van der Waals surface area contributed by atoms with E-state index in [4.69, 9.17) is 25.5 Å². The van der Waals surface area contributed by atoms with Gasteiger partial charge in [-0.2, -0.15) is 0 Å². The van der Waals surface area contributed by atoms with Crippen molar-refractivity contribution in [2.75, 3.05) is 6.61 Å². The van der Waals surface area contributed by atoms with Gasteiger partial charge in [-0.05, 0) is 43.2 Å². The lowest BCUT2D eigenvalue weighted by atomic mass is 10.1. The molecule has 0 unspecified atom stereocenters. The highest BCUT2D eigenvalue weighted by atomic mass is 35.5. The fourth-order valence-corrected chi connectivity index (χ4v) is 2.95. The van der Waals surface area contributed by atoms with E-state index < -0.39 is 11.6 Å². The number of hydrogen-bond donors (Lipinski definition) is 0. The molecule has 0 saturated heterocycles. The number of benzene rings is 2. The molecule has 0 fully saturated rings. The number of aryl methyl sites for hydroxylation is 2. The fourth-order valence-electron chi connectivity index (χ4n) is 2.66. The summed E-state index contributed by atoms with van der Waals surface area (Å²) in [5.74, 6) is 0.0514. The zero-order chi connectivity index (χ0) is 19.4. The zero-order valence-electron chi connectivity index (χ0n) is 15.1. The van der Waals surface area contributed by atoms with Crippen LogP contribution in [0, 0.1) is 6.92 Å². The Morgan fingerprint density at radius 2 is 1.85 bits per heavy atom. The van der Waals surface area contributed by atoms with Gasteiger partial charge in [-0.25, -0.2) is 9.59 Å². The maximum atomic E-state index is 12.0. The van der Waals surface area contributed by atoms with Crippen LogP contribution in [0.3, 0.4) is 0 Å². The van der Waals surface area contributed by atoms with Crippen LogP contribution in [-0.2, 0) is 22.6 Å². The molecule has 0 N–H and O–H groups in total. The molecule has 0 aliphatic carbocycles. The average Bonchev–Trinajstić information content (AvgIpc) is 2.65. The summed E-state index contributed by atoms with van der Waals surface area (Å²) in [7, 11) is 0. The van der Waals surface area contributed by atoms with Crippen molar-refractivity contribution in [1.82, 2.24) is 0 Å². The normalized spacial score (nSPS) is 10.8. The second-order valence-corrected chi connectivity index (χ2v) is 6.55. The minimum Gasteiger partial charge on any atom is -0.482 e. The standard InChI is InChI=1S/C21H19ClO5/c1-3-14-8-19-17(10-18(14)22)15(9-20(23)27-19)11-26-21(24)12-25-16-6-4-13(2)5-7-16/h4-10H,3,11-12H2,1-2H3. The first-order valence-corrected chi connectivity index (χ1v) is 8.94. The predicted octanol–water partition coefficient (Wildman–Crippen LogP) is 4.44. The number of esters is 1. The SMILES string of the molecule is CCc1cc2oc(=O)cc(COC(=O)COc3ccc(C)cc3)c2cc1Cl. The first kappa shape index (κ1) is 19.0. The third-order valence-electron chi connectivity index (χ3n) is 4.14. The molecule has 3 aromatic rings. The number of ether oxygens (including phenoxy) is 2. The van der Waals surface area contributed by atoms with Crippen molar-refractivity contribution in [3.8, 4) is 5.75 Å². The van der Waals surface area contributed by atoms with Gasteiger partial charge in [0.05, 0.1) is 0 Å². The van der Waals surface area contributed by atoms with Crippen LogP contribution in [0.15, 0.2) is 51.7 Å². The molecular formula is C21H19ClO5.